The Labute approximate surface area is 162 Å². The van der Waals surface area contributed by atoms with E-state index < -0.39 is 5.60 Å². The van der Waals surface area contributed by atoms with E-state index in [-0.39, 0.29) is 5.91 Å². The SMILES string of the molecule is COc1ccc(C2=NOC(C)(C(=O)NCCc3nnc4ccccn34)C2)cc1. The number of nitrogens with zero attached hydrogens (tertiary/aromatic N) is 4. The van der Waals surface area contributed by atoms with Crippen LogP contribution in [0, 0.1) is 0 Å². The molecule has 0 bridgehead atoms. The first kappa shape index (κ1) is 18.0. The fourth-order valence-corrected chi connectivity index (χ4v) is 3.14. The summed E-state index contributed by atoms with van der Waals surface area (Å²) in [6.07, 6.45) is 2.88. The normalized spacial score (nSPS) is 18.6. The number of pyridine rings is 1. The van der Waals surface area contributed by atoms with Crippen molar-refractivity contribution in [1.82, 2.24) is 19.9 Å². The van der Waals surface area contributed by atoms with Gasteiger partial charge in [-0.15, -0.1) is 10.2 Å². The number of rotatable bonds is 6. The lowest BCUT2D eigenvalue weighted by atomic mass is 9.95. The summed E-state index contributed by atoms with van der Waals surface area (Å²) in [6, 6.07) is 13.2. The summed E-state index contributed by atoms with van der Waals surface area (Å²) in [5.74, 6) is 1.36. The Bertz CT molecular complexity index is 1030. The van der Waals surface area contributed by atoms with Gasteiger partial charge in [-0.1, -0.05) is 11.2 Å². The quantitative estimate of drug-likeness (QED) is 0.707. The van der Waals surface area contributed by atoms with Gasteiger partial charge in [0.25, 0.3) is 5.91 Å². The van der Waals surface area contributed by atoms with Crippen LogP contribution in [0.5, 0.6) is 5.75 Å². The average Bonchev–Trinajstić information content (AvgIpc) is 3.33. The first-order valence-corrected chi connectivity index (χ1v) is 9.05. The molecule has 0 saturated heterocycles. The second kappa shape index (κ2) is 7.30. The van der Waals surface area contributed by atoms with Crippen LogP contribution < -0.4 is 10.1 Å². The highest BCUT2D eigenvalue weighted by atomic mass is 16.7. The van der Waals surface area contributed by atoms with Gasteiger partial charge in [0.2, 0.25) is 5.60 Å². The molecule has 3 aromatic rings. The highest BCUT2D eigenvalue weighted by Crippen LogP contribution is 2.27. The third kappa shape index (κ3) is 3.40. The van der Waals surface area contributed by atoms with Crippen molar-refractivity contribution < 1.29 is 14.4 Å². The molecule has 0 spiro atoms. The zero-order valence-corrected chi connectivity index (χ0v) is 15.8. The highest BCUT2D eigenvalue weighted by Gasteiger charge is 2.42. The summed E-state index contributed by atoms with van der Waals surface area (Å²) < 4.78 is 7.07. The van der Waals surface area contributed by atoms with E-state index in [2.05, 4.69) is 20.7 Å². The van der Waals surface area contributed by atoms with Gasteiger partial charge >= 0.3 is 0 Å². The lowest BCUT2D eigenvalue weighted by Gasteiger charge is -2.20. The van der Waals surface area contributed by atoms with Crippen LogP contribution in [-0.2, 0) is 16.1 Å². The van der Waals surface area contributed by atoms with E-state index in [4.69, 9.17) is 9.57 Å². The number of ether oxygens (including phenoxy) is 1. The molecular formula is C20H21N5O3. The number of fused-ring (bicyclic) bond motifs is 1. The van der Waals surface area contributed by atoms with Crippen LogP contribution in [0.3, 0.4) is 0 Å². The molecule has 8 nitrogen and oxygen atoms in total. The molecule has 0 saturated carbocycles. The van der Waals surface area contributed by atoms with Crippen molar-refractivity contribution in [3.05, 3.63) is 60.0 Å². The van der Waals surface area contributed by atoms with E-state index in [0.29, 0.717) is 19.4 Å². The van der Waals surface area contributed by atoms with Crippen molar-refractivity contribution in [3.8, 4) is 5.75 Å². The minimum absolute atomic E-state index is 0.200. The minimum atomic E-state index is -1.03. The summed E-state index contributed by atoms with van der Waals surface area (Å²) in [5, 5.41) is 15.3. The van der Waals surface area contributed by atoms with Crippen molar-refractivity contribution >= 4 is 17.3 Å². The number of carbonyl (C=O) groups is 1. The topological polar surface area (TPSA) is 90.1 Å². The number of benzene rings is 1. The van der Waals surface area contributed by atoms with Crippen LogP contribution in [0.15, 0.2) is 53.8 Å². The molecule has 1 aliphatic heterocycles. The molecule has 1 aliphatic rings. The number of hydrogen-bond acceptors (Lipinski definition) is 6. The molecule has 1 amide bonds. The van der Waals surface area contributed by atoms with Crippen molar-refractivity contribution in [2.75, 3.05) is 13.7 Å². The van der Waals surface area contributed by atoms with Crippen LogP contribution in [0.2, 0.25) is 0 Å². The summed E-state index contributed by atoms with van der Waals surface area (Å²) in [5.41, 5.74) is 1.41. The van der Waals surface area contributed by atoms with Crippen molar-refractivity contribution in [2.24, 2.45) is 5.16 Å². The number of hydrogen-bond donors (Lipinski definition) is 1. The number of oxime groups is 1. The molecule has 1 unspecified atom stereocenters. The molecule has 3 heterocycles. The van der Waals surface area contributed by atoms with Crippen LogP contribution in [0.25, 0.3) is 5.65 Å². The maximum Gasteiger partial charge on any atom is 0.267 e. The van der Waals surface area contributed by atoms with Crippen molar-refractivity contribution in [2.45, 2.75) is 25.4 Å². The van der Waals surface area contributed by atoms with Crippen LogP contribution in [-0.4, -0.2) is 45.5 Å². The van der Waals surface area contributed by atoms with Gasteiger partial charge in [-0.2, -0.15) is 0 Å². The minimum Gasteiger partial charge on any atom is -0.497 e. The molecule has 4 rings (SSSR count). The third-order valence-electron chi connectivity index (χ3n) is 4.78. The van der Waals surface area contributed by atoms with E-state index >= 15 is 0 Å². The van der Waals surface area contributed by atoms with Gasteiger partial charge in [-0.3, -0.25) is 9.20 Å². The summed E-state index contributed by atoms with van der Waals surface area (Å²) in [7, 11) is 1.62. The molecule has 1 N–H and O–H groups in total. The lowest BCUT2D eigenvalue weighted by Crippen LogP contribution is -2.45. The number of nitrogens with one attached hydrogen (secondary N) is 1. The molecule has 144 valence electrons. The highest BCUT2D eigenvalue weighted by molar-refractivity contribution is 6.05. The lowest BCUT2D eigenvalue weighted by molar-refractivity contribution is -0.141. The second-order valence-corrected chi connectivity index (χ2v) is 6.82. The summed E-state index contributed by atoms with van der Waals surface area (Å²) in [4.78, 5) is 18.2. The zero-order chi connectivity index (χ0) is 19.6. The molecule has 1 atom stereocenters. The predicted octanol–water partition coefficient (Wildman–Crippen LogP) is 1.98. The average molecular weight is 379 g/mol. The van der Waals surface area contributed by atoms with Crippen LogP contribution in [0.1, 0.15) is 24.7 Å². The van der Waals surface area contributed by atoms with Gasteiger partial charge < -0.3 is 14.9 Å². The Morgan fingerprint density at radius 2 is 2.07 bits per heavy atom. The molecular weight excluding hydrogens is 358 g/mol. The van der Waals surface area contributed by atoms with Gasteiger partial charge in [-0.05, 0) is 48.9 Å². The first-order valence-electron chi connectivity index (χ1n) is 9.05. The van der Waals surface area contributed by atoms with E-state index in [1.54, 1.807) is 14.0 Å². The molecule has 8 heteroatoms. The molecule has 0 fully saturated rings. The smallest absolute Gasteiger partial charge is 0.267 e. The molecule has 2 aromatic heterocycles. The standard InChI is InChI=1S/C20H21N5O3/c1-20(13-16(24-28-20)14-6-8-15(27-2)9-7-14)19(26)21-11-10-18-23-22-17-5-3-4-12-25(17)18/h3-9,12H,10-11,13H2,1-2H3,(H,21,26). The van der Waals surface area contributed by atoms with Gasteiger partial charge in [0.05, 0.1) is 12.8 Å². The summed E-state index contributed by atoms with van der Waals surface area (Å²) in [6.45, 7) is 2.18. The Balaban J connectivity index is 1.34. The number of carbonyl (C=O) groups excluding carboxylic acids is 1. The van der Waals surface area contributed by atoms with E-state index in [9.17, 15) is 4.79 Å². The molecule has 1 aromatic carbocycles. The van der Waals surface area contributed by atoms with Crippen molar-refractivity contribution in [3.63, 3.8) is 0 Å². The first-order chi connectivity index (χ1) is 13.6. The van der Waals surface area contributed by atoms with Gasteiger partial charge in [0.1, 0.15) is 11.6 Å². The predicted molar refractivity (Wildman–Crippen MR) is 103 cm³/mol. The largest absolute Gasteiger partial charge is 0.497 e. The van der Waals surface area contributed by atoms with Gasteiger partial charge in [0, 0.05) is 25.6 Å². The maximum atomic E-state index is 12.7. The Kier molecular flexibility index (Phi) is 4.68. The van der Waals surface area contributed by atoms with Gasteiger partial charge in [-0.25, -0.2) is 0 Å². The third-order valence-corrected chi connectivity index (χ3v) is 4.78. The van der Waals surface area contributed by atoms with Crippen LogP contribution in [0.4, 0.5) is 0 Å². The second-order valence-electron chi connectivity index (χ2n) is 6.82. The van der Waals surface area contributed by atoms with Crippen molar-refractivity contribution in [1.29, 1.82) is 0 Å². The Morgan fingerprint density at radius 3 is 2.86 bits per heavy atom. The van der Waals surface area contributed by atoms with Crippen LogP contribution >= 0.6 is 0 Å². The molecule has 0 radical (unpaired) electrons. The van der Waals surface area contributed by atoms with E-state index in [1.165, 1.54) is 0 Å². The molecule has 28 heavy (non-hydrogen) atoms. The fraction of sp³-hybridized carbons (Fsp3) is 0.300. The monoisotopic (exact) mass is 379 g/mol. The summed E-state index contributed by atoms with van der Waals surface area (Å²) >= 11 is 0. The Hall–Kier alpha value is -3.42. The van der Waals surface area contributed by atoms with Gasteiger partial charge in [0.15, 0.2) is 5.65 Å². The zero-order valence-electron chi connectivity index (χ0n) is 15.8. The Morgan fingerprint density at radius 1 is 1.25 bits per heavy atom. The fourth-order valence-electron chi connectivity index (χ4n) is 3.14. The number of amides is 1. The maximum absolute atomic E-state index is 12.7. The number of methoxy groups -OCH3 is 1. The van der Waals surface area contributed by atoms with E-state index in [0.717, 1.165) is 28.5 Å². The number of aromatic nitrogens is 3. The molecule has 0 aliphatic carbocycles. The van der Waals surface area contributed by atoms with E-state index in [1.807, 2.05) is 53.1 Å².